The van der Waals surface area contributed by atoms with Crippen LogP contribution in [0.5, 0.6) is 11.5 Å². The molecule has 2 aliphatic rings. The highest BCUT2D eigenvalue weighted by molar-refractivity contribution is 8.00. The lowest BCUT2D eigenvalue weighted by Crippen LogP contribution is -2.36. The summed E-state index contributed by atoms with van der Waals surface area (Å²) >= 11 is 14.4. The number of nitrogens with zero attached hydrogens (tertiary/aromatic N) is 2. The summed E-state index contributed by atoms with van der Waals surface area (Å²) in [7, 11) is 0. The fourth-order valence-corrected chi connectivity index (χ4v) is 6.13. The first-order chi connectivity index (χ1) is 19.4. The van der Waals surface area contributed by atoms with E-state index in [2.05, 4.69) is 9.88 Å². The van der Waals surface area contributed by atoms with Gasteiger partial charge in [-0.05, 0) is 47.6 Å². The van der Waals surface area contributed by atoms with Crippen molar-refractivity contribution in [3.63, 3.8) is 0 Å². The second-order valence-electron chi connectivity index (χ2n) is 9.73. The summed E-state index contributed by atoms with van der Waals surface area (Å²) in [5.41, 5.74) is 2.20. The summed E-state index contributed by atoms with van der Waals surface area (Å²) in [4.78, 5) is 19.7. The van der Waals surface area contributed by atoms with Crippen LogP contribution in [0.1, 0.15) is 35.6 Å². The van der Waals surface area contributed by atoms with Crippen molar-refractivity contribution < 1.29 is 27.8 Å². The Labute approximate surface area is 245 Å². The van der Waals surface area contributed by atoms with E-state index in [1.807, 2.05) is 30.3 Å². The van der Waals surface area contributed by atoms with Crippen molar-refractivity contribution >= 4 is 40.9 Å². The van der Waals surface area contributed by atoms with E-state index in [0.717, 1.165) is 30.7 Å². The van der Waals surface area contributed by atoms with Crippen LogP contribution in [-0.2, 0) is 22.5 Å². The van der Waals surface area contributed by atoms with Gasteiger partial charge in [-0.25, -0.2) is 4.79 Å². The lowest BCUT2D eigenvalue weighted by molar-refractivity contribution is -0.152. The molecule has 1 saturated carbocycles. The minimum Gasteiger partial charge on any atom is -0.489 e. The van der Waals surface area contributed by atoms with Gasteiger partial charge in [-0.3, -0.25) is 9.88 Å². The molecule has 0 unspecified atom stereocenters. The molecule has 0 radical (unpaired) electrons. The van der Waals surface area contributed by atoms with Gasteiger partial charge in [0.15, 0.2) is 16.9 Å². The number of carbonyl (C=O) groups excluding carboxylic acids is 1. The first-order valence-corrected chi connectivity index (χ1v) is 14.8. The minimum atomic E-state index is -3.01. The molecule has 0 spiro atoms. The summed E-state index contributed by atoms with van der Waals surface area (Å²) < 4.78 is 42.9. The maximum absolute atomic E-state index is 13.6. The van der Waals surface area contributed by atoms with Crippen LogP contribution in [-0.4, -0.2) is 46.7 Å². The molecule has 2 heterocycles. The van der Waals surface area contributed by atoms with Crippen LogP contribution < -0.4 is 9.47 Å². The van der Waals surface area contributed by atoms with E-state index in [-0.39, 0.29) is 17.9 Å². The summed E-state index contributed by atoms with van der Waals surface area (Å²) in [5.74, 6) is 0.862. The molecule has 2 fully saturated rings. The molecule has 1 saturated heterocycles. The van der Waals surface area contributed by atoms with E-state index in [1.165, 1.54) is 30.2 Å². The van der Waals surface area contributed by atoms with Crippen LogP contribution in [0.3, 0.4) is 0 Å². The van der Waals surface area contributed by atoms with Crippen molar-refractivity contribution in [2.24, 2.45) is 5.92 Å². The molecule has 0 N–H and O–H groups in total. The second kappa shape index (κ2) is 13.4. The molecule has 1 aromatic heterocycles. The number of ether oxygens (including phenoxy) is 3. The Morgan fingerprint density at radius 3 is 2.52 bits per heavy atom. The van der Waals surface area contributed by atoms with Gasteiger partial charge in [0.25, 0.3) is 0 Å². The van der Waals surface area contributed by atoms with Gasteiger partial charge in [0.1, 0.15) is 6.10 Å². The van der Waals surface area contributed by atoms with Crippen molar-refractivity contribution in [1.82, 2.24) is 9.88 Å². The van der Waals surface area contributed by atoms with E-state index in [9.17, 15) is 13.6 Å². The predicted octanol–water partition coefficient (Wildman–Crippen LogP) is 7.18. The van der Waals surface area contributed by atoms with Gasteiger partial charge >= 0.3 is 12.6 Å². The summed E-state index contributed by atoms with van der Waals surface area (Å²) in [6, 6.07) is 14.5. The molecule has 0 amide bonds. The van der Waals surface area contributed by atoms with Crippen LogP contribution in [0.4, 0.5) is 8.78 Å². The molecular weight excluding hydrogens is 581 g/mol. The molecule has 2 atom stereocenters. The quantitative estimate of drug-likeness (QED) is 0.202. The van der Waals surface area contributed by atoms with Crippen LogP contribution in [0.2, 0.25) is 10.0 Å². The molecule has 2 aromatic carbocycles. The third-order valence-corrected chi connectivity index (χ3v) is 8.62. The Hall–Kier alpha value is -2.59. The highest BCUT2D eigenvalue weighted by Gasteiger charge is 2.35. The van der Waals surface area contributed by atoms with Crippen LogP contribution >= 0.6 is 35.0 Å². The lowest BCUT2D eigenvalue weighted by Gasteiger charge is -2.26. The standard InChI is InChI=1S/C29H28Cl2F2N2O4S/c30-22-14-34-15-23(31)21(22)13-25(20-8-9-24(39-29(32)33)26(12-20)37-17-19-6-7-19)38-28(36)27-35(10-11-40-27)16-18-4-2-1-3-5-18/h1-5,8-9,12,14-15,19,25,27,29H,6-7,10-11,13,16-17H2/t25-,27-/m0/s1. The Balaban J connectivity index is 1.42. The smallest absolute Gasteiger partial charge is 0.387 e. The number of aromatic nitrogens is 1. The summed E-state index contributed by atoms with van der Waals surface area (Å²) in [6.07, 6.45) is 4.33. The van der Waals surface area contributed by atoms with E-state index in [0.29, 0.717) is 40.2 Å². The number of halogens is 4. The monoisotopic (exact) mass is 608 g/mol. The molecule has 3 aromatic rings. The van der Waals surface area contributed by atoms with Gasteiger partial charge in [0.05, 0.1) is 16.7 Å². The summed E-state index contributed by atoms with van der Waals surface area (Å²) in [6.45, 7) is -1.26. The van der Waals surface area contributed by atoms with Gasteiger partial charge in [-0.15, -0.1) is 11.8 Å². The van der Waals surface area contributed by atoms with Crippen LogP contribution in [0.25, 0.3) is 0 Å². The largest absolute Gasteiger partial charge is 0.489 e. The molecule has 1 aliphatic heterocycles. The Morgan fingerprint density at radius 1 is 1.07 bits per heavy atom. The second-order valence-corrected chi connectivity index (χ2v) is 11.7. The first-order valence-electron chi connectivity index (χ1n) is 13.0. The Bertz CT molecular complexity index is 1300. The zero-order valence-electron chi connectivity index (χ0n) is 21.5. The van der Waals surface area contributed by atoms with E-state index in [1.54, 1.807) is 12.1 Å². The number of hydrogen-bond donors (Lipinski definition) is 0. The van der Waals surface area contributed by atoms with Crippen molar-refractivity contribution in [3.8, 4) is 11.5 Å². The molecular formula is C29H28Cl2F2N2O4S. The fourth-order valence-electron chi connectivity index (χ4n) is 4.47. The van der Waals surface area contributed by atoms with E-state index >= 15 is 0 Å². The lowest BCUT2D eigenvalue weighted by atomic mass is 10.0. The number of alkyl halides is 2. The topological polar surface area (TPSA) is 60.9 Å². The van der Waals surface area contributed by atoms with Crippen molar-refractivity contribution in [3.05, 3.63) is 87.7 Å². The maximum atomic E-state index is 13.6. The number of benzene rings is 2. The SMILES string of the molecule is O=C(O[C@@H](Cc1c(Cl)cncc1Cl)c1ccc(OC(F)F)c(OCC2CC2)c1)[C@@H]1SCCN1Cc1ccccc1. The minimum absolute atomic E-state index is 0.0789. The zero-order chi connectivity index (χ0) is 28.1. The van der Waals surface area contributed by atoms with Gasteiger partial charge in [-0.1, -0.05) is 59.6 Å². The van der Waals surface area contributed by atoms with Gasteiger partial charge in [-0.2, -0.15) is 8.78 Å². The Kier molecular flexibility index (Phi) is 9.68. The molecule has 0 bridgehead atoms. The molecule has 5 rings (SSSR count). The molecule has 11 heteroatoms. The number of rotatable bonds is 12. The molecule has 40 heavy (non-hydrogen) atoms. The van der Waals surface area contributed by atoms with E-state index in [4.69, 9.17) is 37.4 Å². The molecule has 6 nitrogen and oxygen atoms in total. The number of pyridine rings is 1. The number of thioether (sulfide) groups is 1. The summed E-state index contributed by atoms with van der Waals surface area (Å²) in [5, 5.41) is 0.160. The number of carbonyl (C=O) groups is 1. The maximum Gasteiger partial charge on any atom is 0.387 e. The van der Waals surface area contributed by atoms with Gasteiger partial charge < -0.3 is 14.2 Å². The number of esters is 1. The fraction of sp³-hybridized carbons (Fsp3) is 0.379. The zero-order valence-corrected chi connectivity index (χ0v) is 23.8. The third kappa shape index (κ3) is 7.57. The number of hydrogen-bond acceptors (Lipinski definition) is 7. The average molecular weight is 610 g/mol. The van der Waals surface area contributed by atoms with Crippen molar-refractivity contribution in [2.45, 2.75) is 43.9 Å². The molecule has 1 aliphatic carbocycles. The predicted molar refractivity (Wildman–Crippen MR) is 151 cm³/mol. The van der Waals surface area contributed by atoms with Crippen molar-refractivity contribution in [1.29, 1.82) is 0 Å². The van der Waals surface area contributed by atoms with Gasteiger partial charge in [0.2, 0.25) is 0 Å². The van der Waals surface area contributed by atoms with Crippen LogP contribution in [0.15, 0.2) is 60.9 Å². The Morgan fingerprint density at radius 2 is 1.82 bits per heavy atom. The normalized spacial score (nSPS) is 18.1. The first kappa shape index (κ1) is 28.9. The average Bonchev–Trinajstić information content (AvgIpc) is 3.65. The molecule has 212 valence electrons. The highest BCUT2D eigenvalue weighted by atomic mass is 35.5. The van der Waals surface area contributed by atoms with Crippen molar-refractivity contribution in [2.75, 3.05) is 18.9 Å². The highest BCUT2D eigenvalue weighted by Crippen LogP contribution is 2.38. The van der Waals surface area contributed by atoms with Crippen LogP contribution in [0, 0.1) is 5.92 Å². The third-order valence-electron chi connectivity index (χ3n) is 6.74. The van der Waals surface area contributed by atoms with Gasteiger partial charge in [0, 0.05) is 37.7 Å². The van der Waals surface area contributed by atoms with E-state index < -0.39 is 24.1 Å².